The van der Waals surface area contributed by atoms with Crippen molar-refractivity contribution in [3.8, 4) is 0 Å². The van der Waals surface area contributed by atoms with E-state index in [1.165, 1.54) is 7.11 Å². The van der Waals surface area contributed by atoms with Gasteiger partial charge in [-0.3, -0.25) is 5.32 Å². The van der Waals surface area contributed by atoms with Crippen LogP contribution in [0, 0.1) is 0 Å². The van der Waals surface area contributed by atoms with Gasteiger partial charge >= 0.3 is 12.1 Å². The molecule has 0 radical (unpaired) electrons. The third kappa shape index (κ3) is 5.94. The van der Waals surface area contributed by atoms with E-state index in [1.54, 1.807) is 27.7 Å². The zero-order valence-corrected chi connectivity index (χ0v) is 12.2. The van der Waals surface area contributed by atoms with Crippen LogP contribution in [0.1, 0.15) is 27.7 Å². The average Bonchev–Trinajstić information content (AvgIpc) is 2.09. The predicted molar refractivity (Wildman–Crippen MR) is 68.1 cm³/mol. The monoisotopic (exact) mass is 341 g/mol. The maximum absolute atomic E-state index is 11.4. The Bertz CT molecular complexity index is 313. The number of rotatable bonds is 2. The second-order valence-electron chi connectivity index (χ2n) is 4.03. The van der Waals surface area contributed by atoms with Gasteiger partial charge in [0.1, 0.15) is 11.3 Å². The first-order valence-corrected chi connectivity index (χ1v) is 5.70. The molecule has 0 aromatic rings. The lowest BCUT2D eigenvalue weighted by atomic mass is 10.2. The largest absolute Gasteiger partial charge is 0.464 e. The maximum Gasteiger partial charge on any atom is 0.412 e. The molecular weight excluding hydrogens is 325 g/mol. The maximum atomic E-state index is 11.4. The molecule has 0 saturated heterocycles. The SMILES string of the molecule is COC(=O)/C(NC(=O)OC(C)(C)C)=C(\C)I. The van der Waals surface area contributed by atoms with Crippen LogP contribution in [0.3, 0.4) is 0 Å². The summed E-state index contributed by atoms with van der Waals surface area (Å²) in [5.74, 6) is -0.599. The summed E-state index contributed by atoms with van der Waals surface area (Å²) < 4.78 is 10.2. The van der Waals surface area contributed by atoms with E-state index >= 15 is 0 Å². The average molecular weight is 341 g/mol. The number of methoxy groups -OCH3 is 1. The van der Waals surface area contributed by atoms with E-state index in [0.717, 1.165) is 0 Å². The van der Waals surface area contributed by atoms with Gasteiger partial charge in [0.25, 0.3) is 0 Å². The smallest absolute Gasteiger partial charge is 0.412 e. The Labute approximate surface area is 109 Å². The molecule has 0 heterocycles. The first-order valence-electron chi connectivity index (χ1n) is 4.62. The number of carbonyl (C=O) groups excluding carboxylic acids is 2. The molecule has 16 heavy (non-hydrogen) atoms. The fourth-order valence-corrected chi connectivity index (χ4v) is 1.14. The minimum absolute atomic E-state index is 0.0948. The van der Waals surface area contributed by atoms with Gasteiger partial charge in [-0.25, -0.2) is 9.59 Å². The van der Waals surface area contributed by atoms with Gasteiger partial charge in [-0.1, -0.05) is 0 Å². The van der Waals surface area contributed by atoms with E-state index in [4.69, 9.17) is 4.74 Å². The highest BCUT2D eigenvalue weighted by molar-refractivity contribution is 14.1. The van der Waals surface area contributed by atoms with E-state index in [1.807, 2.05) is 22.6 Å². The molecule has 0 aliphatic rings. The lowest BCUT2D eigenvalue weighted by Crippen LogP contribution is -2.34. The van der Waals surface area contributed by atoms with Crippen molar-refractivity contribution in [2.75, 3.05) is 7.11 Å². The van der Waals surface area contributed by atoms with Gasteiger partial charge in [0.05, 0.1) is 7.11 Å². The lowest BCUT2D eigenvalue weighted by molar-refractivity contribution is -0.136. The van der Waals surface area contributed by atoms with Crippen LogP contribution in [0.5, 0.6) is 0 Å². The molecule has 0 aliphatic carbocycles. The van der Waals surface area contributed by atoms with Gasteiger partial charge in [0.2, 0.25) is 0 Å². The fourth-order valence-electron chi connectivity index (χ4n) is 0.786. The number of hydrogen-bond acceptors (Lipinski definition) is 4. The van der Waals surface area contributed by atoms with Gasteiger partial charge in [-0.05, 0) is 50.3 Å². The molecular formula is C10H16INO4. The third-order valence-corrected chi connectivity index (χ3v) is 1.90. The number of hydrogen-bond donors (Lipinski definition) is 1. The van der Waals surface area contributed by atoms with E-state index in [2.05, 4.69) is 10.1 Å². The number of esters is 1. The highest BCUT2D eigenvalue weighted by Gasteiger charge is 2.20. The van der Waals surface area contributed by atoms with Crippen LogP contribution in [-0.2, 0) is 14.3 Å². The summed E-state index contributed by atoms with van der Waals surface area (Å²) in [6.07, 6.45) is -0.677. The Hall–Kier alpha value is -0.790. The van der Waals surface area contributed by atoms with Crippen molar-refractivity contribution in [2.24, 2.45) is 0 Å². The molecule has 0 bridgehead atoms. The molecule has 0 spiro atoms. The highest BCUT2D eigenvalue weighted by Crippen LogP contribution is 2.12. The number of amides is 1. The normalized spacial score (nSPS) is 12.6. The Kier molecular flexibility index (Phi) is 5.77. The van der Waals surface area contributed by atoms with Crippen LogP contribution in [0.25, 0.3) is 0 Å². The van der Waals surface area contributed by atoms with Crippen LogP contribution in [0.15, 0.2) is 9.28 Å². The molecule has 1 amide bonds. The second kappa shape index (κ2) is 6.07. The minimum Gasteiger partial charge on any atom is -0.464 e. The molecule has 5 nitrogen and oxygen atoms in total. The Morgan fingerprint density at radius 3 is 2.06 bits per heavy atom. The molecule has 6 heteroatoms. The van der Waals surface area contributed by atoms with E-state index in [9.17, 15) is 9.59 Å². The van der Waals surface area contributed by atoms with E-state index < -0.39 is 17.7 Å². The number of alkyl carbamates (subject to hydrolysis) is 1. The summed E-state index contributed by atoms with van der Waals surface area (Å²) in [5, 5.41) is 2.36. The van der Waals surface area contributed by atoms with Crippen LogP contribution >= 0.6 is 22.6 Å². The molecule has 0 aliphatic heterocycles. The van der Waals surface area contributed by atoms with Gasteiger partial charge in [0, 0.05) is 3.58 Å². The van der Waals surface area contributed by atoms with Gasteiger partial charge < -0.3 is 9.47 Å². The van der Waals surface area contributed by atoms with E-state index in [0.29, 0.717) is 3.58 Å². The number of carbonyl (C=O) groups is 2. The van der Waals surface area contributed by atoms with Crippen molar-refractivity contribution < 1.29 is 19.1 Å². The summed E-state index contributed by atoms with van der Waals surface area (Å²) in [5.41, 5.74) is -0.512. The molecule has 0 saturated carbocycles. The van der Waals surface area contributed by atoms with Crippen molar-refractivity contribution in [1.29, 1.82) is 0 Å². The Morgan fingerprint density at radius 2 is 1.75 bits per heavy atom. The van der Waals surface area contributed by atoms with Crippen molar-refractivity contribution in [3.63, 3.8) is 0 Å². The number of allylic oxidation sites excluding steroid dienone is 1. The summed E-state index contributed by atoms with van der Waals surface area (Å²) in [6.45, 7) is 6.91. The summed E-state index contributed by atoms with van der Waals surface area (Å²) in [6, 6.07) is 0. The molecule has 0 aromatic carbocycles. The van der Waals surface area contributed by atoms with Crippen LogP contribution < -0.4 is 5.32 Å². The Morgan fingerprint density at radius 1 is 1.25 bits per heavy atom. The van der Waals surface area contributed by atoms with Crippen molar-refractivity contribution >= 4 is 34.7 Å². The van der Waals surface area contributed by atoms with Gasteiger partial charge in [-0.2, -0.15) is 0 Å². The van der Waals surface area contributed by atoms with Crippen LogP contribution in [-0.4, -0.2) is 24.8 Å². The predicted octanol–water partition coefficient (Wildman–Crippen LogP) is 2.35. The van der Waals surface area contributed by atoms with Crippen LogP contribution in [0.4, 0.5) is 4.79 Å². The van der Waals surface area contributed by atoms with Crippen LogP contribution in [0.2, 0.25) is 0 Å². The molecule has 0 fully saturated rings. The zero-order chi connectivity index (χ0) is 12.9. The quantitative estimate of drug-likeness (QED) is 0.476. The molecule has 0 unspecified atom stereocenters. The van der Waals surface area contributed by atoms with Crippen molar-refractivity contribution in [1.82, 2.24) is 5.32 Å². The molecule has 0 aromatic heterocycles. The van der Waals surface area contributed by atoms with Gasteiger partial charge in [-0.15, -0.1) is 0 Å². The van der Waals surface area contributed by atoms with Gasteiger partial charge in [0.15, 0.2) is 0 Å². The second-order valence-corrected chi connectivity index (χ2v) is 5.65. The number of halogens is 1. The fraction of sp³-hybridized carbons (Fsp3) is 0.600. The summed E-state index contributed by atoms with van der Waals surface area (Å²) in [4.78, 5) is 22.7. The number of ether oxygens (including phenoxy) is 2. The molecule has 0 rings (SSSR count). The first kappa shape index (κ1) is 15.2. The minimum atomic E-state index is -0.677. The third-order valence-electron chi connectivity index (χ3n) is 1.36. The summed E-state index contributed by atoms with van der Waals surface area (Å²) in [7, 11) is 1.25. The van der Waals surface area contributed by atoms with E-state index in [-0.39, 0.29) is 5.70 Å². The topological polar surface area (TPSA) is 64.6 Å². The van der Waals surface area contributed by atoms with Crippen molar-refractivity contribution in [2.45, 2.75) is 33.3 Å². The molecule has 1 N–H and O–H groups in total. The van der Waals surface area contributed by atoms with Crippen molar-refractivity contribution in [3.05, 3.63) is 9.28 Å². The lowest BCUT2D eigenvalue weighted by Gasteiger charge is -2.20. The molecule has 0 atom stereocenters. The zero-order valence-electron chi connectivity index (χ0n) is 10.0. The molecule has 92 valence electrons. The number of nitrogens with one attached hydrogen (secondary N) is 1. The first-order chi connectivity index (χ1) is 7.17. The summed E-state index contributed by atoms with van der Waals surface area (Å²) >= 11 is 1.92. The standard InChI is InChI=1S/C10H16INO4/c1-6(11)7(8(13)15-5)12-9(14)16-10(2,3)4/h1-5H3,(H,12,14)/b7-6-. The Balaban J connectivity index is 4.63. The highest BCUT2D eigenvalue weighted by atomic mass is 127.